The quantitative estimate of drug-likeness (QED) is 0.564. The van der Waals surface area contributed by atoms with Gasteiger partial charge in [0.2, 0.25) is 5.91 Å². The fourth-order valence-electron chi connectivity index (χ4n) is 2.47. The van der Waals surface area contributed by atoms with Gasteiger partial charge in [-0.3, -0.25) is 4.79 Å². The highest BCUT2D eigenvalue weighted by molar-refractivity contribution is 8.00. The van der Waals surface area contributed by atoms with Gasteiger partial charge in [-0.2, -0.15) is 5.26 Å². The van der Waals surface area contributed by atoms with Gasteiger partial charge in [-0.15, -0.1) is 11.8 Å². The normalized spacial score (nSPS) is 10.1. The van der Waals surface area contributed by atoms with Crippen molar-refractivity contribution in [3.8, 4) is 17.6 Å². The van der Waals surface area contributed by atoms with E-state index in [-0.39, 0.29) is 12.3 Å². The van der Waals surface area contributed by atoms with E-state index in [0.717, 1.165) is 22.1 Å². The van der Waals surface area contributed by atoms with E-state index in [1.165, 1.54) is 11.8 Å². The first kappa shape index (κ1) is 20.7. The predicted octanol–water partition coefficient (Wildman–Crippen LogP) is 4.52. The lowest BCUT2D eigenvalue weighted by Crippen LogP contribution is -2.33. The summed E-state index contributed by atoms with van der Waals surface area (Å²) in [5, 5.41) is 8.91. The number of nitriles is 1. The first-order chi connectivity index (χ1) is 13.2. The third-order valence-corrected chi connectivity index (χ3v) is 4.70. The van der Waals surface area contributed by atoms with Crippen molar-refractivity contribution in [2.24, 2.45) is 0 Å². The van der Waals surface area contributed by atoms with Crippen LogP contribution in [0.15, 0.2) is 53.4 Å². The molecule has 0 atom stereocenters. The molecular weight excluding hydrogens is 360 g/mol. The standard InChI is InChI=1S/C21H24N2O3S/c1-3-25-18-8-6-17(7-9-18)23(15-5-14-22)21(24)16-27-20-12-10-19(11-13-20)26-4-2/h6-13H,3-5,15-16H2,1-2H3. The molecule has 0 radical (unpaired) electrons. The lowest BCUT2D eigenvalue weighted by atomic mass is 10.2. The van der Waals surface area contributed by atoms with Crippen molar-refractivity contribution >= 4 is 23.4 Å². The number of carbonyl (C=O) groups is 1. The fraction of sp³-hybridized carbons (Fsp3) is 0.333. The zero-order valence-corrected chi connectivity index (χ0v) is 16.5. The minimum absolute atomic E-state index is 0.0340. The van der Waals surface area contributed by atoms with E-state index in [2.05, 4.69) is 6.07 Å². The Balaban J connectivity index is 2.02. The van der Waals surface area contributed by atoms with Crippen LogP contribution in [0.25, 0.3) is 0 Å². The molecule has 0 saturated heterocycles. The summed E-state index contributed by atoms with van der Waals surface area (Å²) in [7, 11) is 0. The van der Waals surface area contributed by atoms with E-state index in [0.29, 0.717) is 25.5 Å². The minimum atomic E-state index is -0.0340. The minimum Gasteiger partial charge on any atom is -0.494 e. The van der Waals surface area contributed by atoms with Gasteiger partial charge in [-0.1, -0.05) is 0 Å². The van der Waals surface area contributed by atoms with Gasteiger partial charge < -0.3 is 14.4 Å². The van der Waals surface area contributed by atoms with Crippen LogP contribution in [0.3, 0.4) is 0 Å². The second-order valence-corrected chi connectivity index (χ2v) is 6.62. The Morgan fingerprint density at radius 1 is 1.00 bits per heavy atom. The molecule has 0 bridgehead atoms. The third-order valence-electron chi connectivity index (χ3n) is 3.70. The molecule has 5 nitrogen and oxygen atoms in total. The number of ether oxygens (including phenoxy) is 2. The van der Waals surface area contributed by atoms with Gasteiger partial charge >= 0.3 is 0 Å². The molecule has 0 aliphatic carbocycles. The molecule has 6 heteroatoms. The first-order valence-corrected chi connectivity index (χ1v) is 9.92. The molecular formula is C21H24N2O3S. The number of thioether (sulfide) groups is 1. The lowest BCUT2D eigenvalue weighted by Gasteiger charge is -2.22. The van der Waals surface area contributed by atoms with Crippen molar-refractivity contribution in [1.82, 2.24) is 0 Å². The van der Waals surface area contributed by atoms with Crippen molar-refractivity contribution in [2.75, 3.05) is 30.4 Å². The second-order valence-electron chi connectivity index (χ2n) is 5.57. The number of carbonyl (C=O) groups excluding carboxylic acids is 1. The number of nitrogens with zero attached hydrogens (tertiary/aromatic N) is 2. The van der Waals surface area contributed by atoms with Crippen molar-refractivity contribution < 1.29 is 14.3 Å². The maximum Gasteiger partial charge on any atom is 0.237 e. The van der Waals surface area contributed by atoms with Gasteiger partial charge in [-0.05, 0) is 62.4 Å². The summed E-state index contributed by atoms with van der Waals surface area (Å²) in [6, 6.07) is 17.2. The van der Waals surface area contributed by atoms with Crippen molar-refractivity contribution in [1.29, 1.82) is 5.26 Å². The topological polar surface area (TPSA) is 62.6 Å². The average molecular weight is 385 g/mol. The molecule has 0 N–H and O–H groups in total. The Morgan fingerprint density at radius 2 is 1.56 bits per heavy atom. The van der Waals surface area contributed by atoms with Gasteiger partial charge in [0.25, 0.3) is 0 Å². The number of amides is 1. The Bertz CT molecular complexity index is 754. The molecule has 0 aliphatic heterocycles. The van der Waals surface area contributed by atoms with Crippen molar-refractivity contribution in [3.63, 3.8) is 0 Å². The molecule has 2 rings (SSSR count). The Morgan fingerprint density at radius 3 is 2.07 bits per heavy atom. The number of benzene rings is 2. The Labute approximate surface area is 164 Å². The highest BCUT2D eigenvalue weighted by Gasteiger charge is 2.16. The summed E-state index contributed by atoms with van der Waals surface area (Å²) < 4.78 is 10.9. The van der Waals surface area contributed by atoms with Gasteiger partial charge in [-0.25, -0.2) is 0 Å². The van der Waals surface area contributed by atoms with Crippen LogP contribution >= 0.6 is 11.8 Å². The largest absolute Gasteiger partial charge is 0.494 e. The van der Waals surface area contributed by atoms with Gasteiger partial charge in [0.15, 0.2) is 0 Å². The van der Waals surface area contributed by atoms with Crippen LogP contribution in [0, 0.1) is 11.3 Å². The van der Waals surface area contributed by atoms with Crippen LogP contribution in [-0.2, 0) is 4.79 Å². The molecule has 0 fully saturated rings. The summed E-state index contributed by atoms with van der Waals surface area (Å²) in [4.78, 5) is 15.4. The maximum absolute atomic E-state index is 12.7. The zero-order chi connectivity index (χ0) is 19.5. The summed E-state index contributed by atoms with van der Waals surface area (Å²) in [5.41, 5.74) is 0.769. The molecule has 0 saturated carbocycles. The number of hydrogen-bond acceptors (Lipinski definition) is 5. The highest BCUT2D eigenvalue weighted by Crippen LogP contribution is 2.24. The molecule has 0 unspecified atom stereocenters. The van der Waals surface area contributed by atoms with Crippen molar-refractivity contribution in [2.45, 2.75) is 25.2 Å². The van der Waals surface area contributed by atoms with Crippen LogP contribution in [0.2, 0.25) is 0 Å². The van der Waals surface area contributed by atoms with E-state index in [1.807, 2.05) is 62.4 Å². The van der Waals surface area contributed by atoms with Crippen LogP contribution in [-0.4, -0.2) is 31.4 Å². The molecule has 1 amide bonds. The first-order valence-electron chi connectivity index (χ1n) is 8.93. The molecule has 27 heavy (non-hydrogen) atoms. The van der Waals surface area contributed by atoms with E-state index in [4.69, 9.17) is 14.7 Å². The van der Waals surface area contributed by atoms with E-state index >= 15 is 0 Å². The van der Waals surface area contributed by atoms with Crippen LogP contribution in [0.4, 0.5) is 5.69 Å². The van der Waals surface area contributed by atoms with Crippen LogP contribution in [0.1, 0.15) is 20.3 Å². The van der Waals surface area contributed by atoms with Crippen LogP contribution < -0.4 is 14.4 Å². The summed E-state index contributed by atoms with van der Waals surface area (Å²) >= 11 is 1.47. The summed E-state index contributed by atoms with van der Waals surface area (Å²) in [6.45, 7) is 5.45. The highest BCUT2D eigenvalue weighted by atomic mass is 32.2. The SMILES string of the molecule is CCOc1ccc(SCC(=O)N(CCC#N)c2ccc(OCC)cc2)cc1. The van der Waals surface area contributed by atoms with Crippen LogP contribution in [0.5, 0.6) is 11.5 Å². The van der Waals surface area contributed by atoms with Gasteiger partial charge in [0.1, 0.15) is 11.5 Å². The summed E-state index contributed by atoms with van der Waals surface area (Å²) in [6.07, 6.45) is 0.284. The number of hydrogen-bond donors (Lipinski definition) is 0. The smallest absolute Gasteiger partial charge is 0.237 e. The third kappa shape index (κ3) is 6.54. The molecule has 142 valence electrons. The maximum atomic E-state index is 12.7. The monoisotopic (exact) mass is 384 g/mol. The molecule has 0 aliphatic rings. The molecule has 0 heterocycles. The molecule has 2 aromatic rings. The average Bonchev–Trinajstić information content (AvgIpc) is 2.69. The second kappa shape index (κ2) is 11.1. The fourth-order valence-corrected chi connectivity index (χ4v) is 3.24. The van der Waals surface area contributed by atoms with E-state index in [9.17, 15) is 4.79 Å². The zero-order valence-electron chi connectivity index (χ0n) is 15.7. The lowest BCUT2D eigenvalue weighted by molar-refractivity contribution is -0.116. The summed E-state index contributed by atoms with van der Waals surface area (Å²) in [5.74, 6) is 1.84. The molecule has 2 aromatic carbocycles. The number of rotatable bonds is 10. The van der Waals surface area contributed by atoms with E-state index < -0.39 is 0 Å². The van der Waals surface area contributed by atoms with Gasteiger partial charge in [0, 0.05) is 17.1 Å². The number of anilines is 1. The van der Waals surface area contributed by atoms with E-state index in [1.54, 1.807) is 4.90 Å². The predicted molar refractivity (Wildman–Crippen MR) is 109 cm³/mol. The Hall–Kier alpha value is -2.65. The van der Waals surface area contributed by atoms with Gasteiger partial charge in [0.05, 0.1) is 31.5 Å². The molecule has 0 aromatic heterocycles. The molecule has 0 spiro atoms. The van der Waals surface area contributed by atoms with Crippen molar-refractivity contribution in [3.05, 3.63) is 48.5 Å². The Kier molecular flexibility index (Phi) is 8.53.